The molecule has 98 valence electrons. The molecule has 0 aromatic heterocycles. The topological polar surface area (TPSA) is 64.6 Å². The quantitative estimate of drug-likeness (QED) is 0.726. The minimum absolute atomic E-state index is 0.228. The third kappa shape index (κ3) is 3.70. The number of methoxy groups -OCH3 is 1. The van der Waals surface area contributed by atoms with Gasteiger partial charge in [0.25, 0.3) is 0 Å². The molecule has 0 aromatic carbocycles. The lowest BCUT2D eigenvalue weighted by atomic mass is 9.77. The van der Waals surface area contributed by atoms with Crippen molar-refractivity contribution in [3.05, 3.63) is 0 Å². The number of esters is 2. The standard InChI is InChI=1S/C12H21NO4/c1-3-17-10(14)5-7-12(11(15)16-2)6-4-8-13-9-12/h13H,3-9H2,1-2H3. The van der Waals surface area contributed by atoms with Crippen molar-refractivity contribution in [2.45, 2.75) is 32.6 Å². The number of ether oxygens (including phenoxy) is 2. The molecule has 17 heavy (non-hydrogen) atoms. The number of hydrogen-bond donors (Lipinski definition) is 1. The number of hydrogen-bond acceptors (Lipinski definition) is 5. The molecule has 1 heterocycles. The van der Waals surface area contributed by atoms with E-state index in [1.165, 1.54) is 7.11 Å². The second-order valence-electron chi connectivity index (χ2n) is 4.36. The minimum atomic E-state index is -0.556. The Hall–Kier alpha value is -1.10. The number of carbonyl (C=O) groups excluding carboxylic acids is 2. The van der Waals surface area contributed by atoms with Gasteiger partial charge in [0.1, 0.15) is 0 Å². The lowest BCUT2D eigenvalue weighted by molar-refractivity contribution is -0.155. The van der Waals surface area contributed by atoms with Crippen LogP contribution < -0.4 is 5.32 Å². The third-order valence-electron chi connectivity index (χ3n) is 3.20. The van der Waals surface area contributed by atoms with Crippen molar-refractivity contribution in [3.8, 4) is 0 Å². The van der Waals surface area contributed by atoms with Gasteiger partial charge in [0, 0.05) is 13.0 Å². The molecule has 1 unspecified atom stereocenters. The highest BCUT2D eigenvalue weighted by Gasteiger charge is 2.40. The van der Waals surface area contributed by atoms with Crippen LogP contribution >= 0.6 is 0 Å². The van der Waals surface area contributed by atoms with Gasteiger partial charge >= 0.3 is 11.9 Å². The zero-order valence-corrected chi connectivity index (χ0v) is 10.6. The Labute approximate surface area is 102 Å². The van der Waals surface area contributed by atoms with Crippen LogP contribution in [-0.4, -0.2) is 38.7 Å². The Balaban J connectivity index is 2.57. The van der Waals surface area contributed by atoms with Crippen molar-refractivity contribution < 1.29 is 19.1 Å². The highest BCUT2D eigenvalue weighted by Crippen LogP contribution is 2.33. The van der Waals surface area contributed by atoms with E-state index in [2.05, 4.69) is 5.32 Å². The van der Waals surface area contributed by atoms with Crippen LogP contribution in [0, 0.1) is 5.41 Å². The van der Waals surface area contributed by atoms with Crippen molar-refractivity contribution in [3.63, 3.8) is 0 Å². The Kier molecular flexibility index (Phi) is 5.41. The molecular formula is C12H21NO4. The van der Waals surface area contributed by atoms with E-state index in [0.717, 1.165) is 19.4 Å². The van der Waals surface area contributed by atoms with E-state index >= 15 is 0 Å². The molecule has 1 N–H and O–H groups in total. The molecule has 1 atom stereocenters. The van der Waals surface area contributed by atoms with Crippen LogP contribution in [0.1, 0.15) is 32.6 Å². The Bertz CT molecular complexity index is 272. The molecule has 0 aromatic rings. The highest BCUT2D eigenvalue weighted by atomic mass is 16.5. The first-order chi connectivity index (χ1) is 8.14. The van der Waals surface area contributed by atoms with E-state index in [0.29, 0.717) is 19.6 Å². The normalized spacial score (nSPS) is 24.1. The van der Waals surface area contributed by atoms with Gasteiger partial charge in [-0.1, -0.05) is 0 Å². The Morgan fingerprint density at radius 2 is 2.18 bits per heavy atom. The van der Waals surface area contributed by atoms with E-state index in [1.807, 2.05) is 0 Å². The van der Waals surface area contributed by atoms with Gasteiger partial charge in [-0.15, -0.1) is 0 Å². The molecule has 1 aliphatic heterocycles. The fourth-order valence-corrected chi connectivity index (χ4v) is 2.25. The first-order valence-corrected chi connectivity index (χ1v) is 6.09. The summed E-state index contributed by atoms with van der Waals surface area (Å²) >= 11 is 0. The van der Waals surface area contributed by atoms with Gasteiger partial charge < -0.3 is 14.8 Å². The van der Waals surface area contributed by atoms with E-state index in [-0.39, 0.29) is 18.4 Å². The van der Waals surface area contributed by atoms with Gasteiger partial charge in [-0.25, -0.2) is 0 Å². The summed E-state index contributed by atoms with van der Waals surface area (Å²) in [7, 11) is 1.39. The van der Waals surface area contributed by atoms with Gasteiger partial charge in [0.15, 0.2) is 0 Å². The molecule has 1 saturated heterocycles. The minimum Gasteiger partial charge on any atom is -0.469 e. The van der Waals surface area contributed by atoms with Crippen molar-refractivity contribution >= 4 is 11.9 Å². The van der Waals surface area contributed by atoms with E-state index in [1.54, 1.807) is 6.92 Å². The van der Waals surface area contributed by atoms with Crippen LogP contribution in [0.15, 0.2) is 0 Å². The van der Waals surface area contributed by atoms with Gasteiger partial charge in [0.2, 0.25) is 0 Å². The molecule has 0 spiro atoms. The van der Waals surface area contributed by atoms with Crippen molar-refractivity contribution in [2.75, 3.05) is 26.8 Å². The molecule has 0 aliphatic carbocycles. The average molecular weight is 243 g/mol. The zero-order valence-electron chi connectivity index (χ0n) is 10.6. The van der Waals surface area contributed by atoms with Crippen molar-refractivity contribution in [1.82, 2.24) is 5.32 Å². The second-order valence-corrected chi connectivity index (χ2v) is 4.36. The maximum atomic E-state index is 11.8. The molecule has 0 radical (unpaired) electrons. The summed E-state index contributed by atoms with van der Waals surface area (Å²) < 4.78 is 9.73. The zero-order chi connectivity index (χ0) is 12.7. The molecule has 1 rings (SSSR count). The van der Waals surface area contributed by atoms with Gasteiger partial charge in [-0.05, 0) is 32.7 Å². The van der Waals surface area contributed by atoms with Gasteiger partial charge in [-0.3, -0.25) is 9.59 Å². The maximum absolute atomic E-state index is 11.8. The van der Waals surface area contributed by atoms with Gasteiger partial charge in [0.05, 0.1) is 19.1 Å². The number of rotatable bonds is 5. The Morgan fingerprint density at radius 1 is 1.41 bits per heavy atom. The largest absolute Gasteiger partial charge is 0.469 e. The first-order valence-electron chi connectivity index (χ1n) is 6.09. The second kappa shape index (κ2) is 6.59. The lowest BCUT2D eigenvalue weighted by Gasteiger charge is -2.34. The fraction of sp³-hybridized carbons (Fsp3) is 0.833. The molecule has 0 saturated carbocycles. The van der Waals surface area contributed by atoms with Gasteiger partial charge in [-0.2, -0.15) is 0 Å². The molecule has 5 heteroatoms. The predicted octanol–water partition coefficient (Wildman–Crippen LogP) is 0.872. The summed E-state index contributed by atoms with van der Waals surface area (Å²) in [5.74, 6) is -0.477. The van der Waals surface area contributed by atoms with Crippen LogP contribution in [0.5, 0.6) is 0 Å². The highest BCUT2D eigenvalue weighted by molar-refractivity contribution is 5.78. The van der Waals surface area contributed by atoms with E-state index in [9.17, 15) is 9.59 Å². The van der Waals surface area contributed by atoms with Crippen LogP contribution in [0.4, 0.5) is 0 Å². The molecule has 1 aliphatic rings. The monoisotopic (exact) mass is 243 g/mol. The SMILES string of the molecule is CCOC(=O)CCC1(C(=O)OC)CCCNC1. The molecule has 5 nitrogen and oxygen atoms in total. The number of piperidine rings is 1. The summed E-state index contributed by atoms with van der Waals surface area (Å²) in [5.41, 5.74) is -0.556. The third-order valence-corrected chi connectivity index (χ3v) is 3.20. The van der Waals surface area contributed by atoms with Crippen LogP contribution in [-0.2, 0) is 19.1 Å². The average Bonchev–Trinajstić information content (AvgIpc) is 2.37. The number of carbonyl (C=O) groups is 2. The summed E-state index contributed by atoms with van der Waals surface area (Å²) in [6.07, 6.45) is 2.46. The summed E-state index contributed by atoms with van der Waals surface area (Å²) in [5, 5.41) is 3.19. The molecule has 0 amide bonds. The van der Waals surface area contributed by atoms with Crippen molar-refractivity contribution in [2.24, 2.45) is 5.41 Å². The fourth-order valence-electron chi connectivity index (χ4n) is 2.25. The molecule has 0 bridgehead atoms. The summed E-state index contributed by atoms with van der Waals surface area (Å²) in [6.45, 7) is 3.65. The van der Waals surface area contributed by atoms with Crippen LogP contribution in [0.2, 0.25) is 0 Å². The van der Waals surface area contributed by atoms with Crippen LogP contribution in [0.3, 0.4) is 0 Å². The molecule has 1 fully saturated rings. The summed E-state index contributed by atoms with van der Waals surface area (Å²) in [4.78, 5) is 23.2. The van der Waals surface area contributed by atoms with E-state index < -0.39 is 5.41 Å². The number of nitrogens with one attached hydrogen (secondary N) is 1. The summed E-state index contributed by atoms with van der Waals surface area (Å²) in [6, 6.07) is 0. The smallest absolute Gasteiger partial charge is 0.313 e. The molecular weight excluding hydrogens is 222 g/mol. The Morgan fingerprint density at radius 3 is 2.71 bits per heavy atom. The van der Waals surface area contributed by atoms with E-state index in [4.69, 9.17) is 9.47 Å². The maximum Gasteiger partial charge on any atom is 0.313 e. The van der Waals surface area contributed by atoms with Crippen molar-refractivity contribution in [1.29, 1.82) is 0 Å². The van der Waals surface area contributed by atoms with Crippen LogP contribution in [0.25, 0.3) is 0 Å². The first kappa shape index (κ1) is 14.0. The predicted molar refractivity (Wildman–Crippen MR) is 62.4 cm³/mol. The lowest BCUT2D eigenvalue weighted by Crippen LogP contribution is -2.46.